The first-order chi connectivity index (χ1) is 9.99. The van der Waals surface area contributed by atoms with Gasteiger partial charge < -0.3 is 14.7 Å². The van der Waals surface area contributed by atoms with E-state index in [-0.39, 0.29) is 12.5 Å². The molecule has 1 N–H and O–H groups in total. The van der Waals surface area contributed by atoms with Crippen LogP contribution in [0.4, 0.5) is 0 Å². The minimum Gasteiger partial charge on any atom is -0.483 e. The van der Waals surface area contributed by atoms with E-state index in [4.69, 9.17) is 9.84 Å². The number of carbonyl (C=O) groups excluding carboxylic acids is 1. The predicted octanol–water partition coefficient (Wildman–Crippen LogP) is 2.34. The largest absolute Gasteiger partial charge is 0.483 e. The summed E-state index contributed by atoms with van der Waals surface area (Å²) in [5.74, 6) is -0.575. The molecule has 114 valence electrons. The molecule has 0 radical (unpaired) electrons. The minimum absolute atomic E-state index is 0.0551. The quantitative estimate of drug-likeness (QED) is 0.783. The summed E-state index contributed by atoms with van der Waals surface area (Å²) in [5.41, 5.74) is 1.50. The maximum absolute atomic E-state index is 12.0. The number of carbonyl (C=O) groups is 2. The Labute approximate surface area is 124 Å². The van der Waals surface area contributed by atoms with Crippen molar-refractivity contribution in [3.8, 4) is 5.75 Å². The van der Waals surface area contributed by atoms with Crippen molar-refractivity contribution in [3.63, 3.8) is 0 Å². The van der Waals surface area contributed by atoms with E-state index in [0.717, 1.165) is 11.6 Å². The number of aryl methyl sites for hydroxylation is 1. The monoisotopic (exact) mass is 291 g/mol. The molecule has 5 heteroatoms. The molecule has 0 fully saturated rings. The summed E-state index contributed by atoms with van der Waals surface area (Å²) in [6, 6.07) is 5.43. The summed E-state index contributed by atoms with van der Waals surface area (Å²) >= 11 is 0. The van der Waals surface area contributed by atoms with Gasteiger partial charge in [-0.05, 0) is 32.4 Å². The number of carboxylic acid groups (broad SMARTS) is 1. The van der Waals surface area contributed by atoms with Crippen molar-refractivity contribution in [1.82, 2.24) is 4.90 Å². The van der Waals surface area contributed by atoms with Crippen LogP contribution in [0.5, 0.6) is 5.75 Å². The predicted molar refractivity (Wildman–Crippen MR) is 81.3 cm³/mol. The molecule has 0 aliphatic carbocycles. The molecule has 1 rings (SSSR count). The number of likely N-dealkylation sites (N-methyl/N-ethyl adjacent to an activating group) is 1. The average molecular weight is 291 g/mol. The number of amides is 1. The summed E-state index contributed by atoms with van der Waals surface area (Å²) in [6.45, 7) is 6.90. The number of rotatable bonds is 7. The fourth-order valence-corrected chi connectivity index (χ4v) is 1.97. The Bertz CT molecular complexity index is 533. The third-order valence-corrected chi connectivity index (χ3v) is 3.10. The number of aliphatic carboxylic acids is 1. The van der Waals surface area contributed by atoms with Gasteiger partial charge in [0.05, 0.1) is 0 Å². The SMILES string of the molecule is CCN(CC)C(=O)COc1c(C)cccc1/C=C/C(=O)O. The third-order valence-electron chi connectivity index (χ3n) is 3.10. The molecule has 1 aromatic rings. The van der Waals surface area contributed by atoms with Crippen LogP contribution >= 0.6 is 0 Å². The van der Waals surface area contributed by atoms with Gasteiger partial charge in [-0.1, -0.05) is 18.2 Å². The highest BCUT2D eigenvalue weighted by Crippen LogP contribution is 2.24. The first-order valence-electron chi connectivity index (χ1n) is 6.90. The van der Waals surface area contributed by atoms with Gasteiger partial charge in [-0.15, -0.1) is 0 Å². The van der Waals surface area contributed by atoms with Crippen molar-refractivity contribution in [3.05, 3.63) is 35.4 Å². The Morgan fingerprint density at radius 2 is 1.95 bits per heavy atom. The summed E-state index contributed by atoms with van der Waals surface area (Å²) in [7, 11) is 0. The summed E-state index contributed by atoms with van der Waals surface area (Å²) in [5, 5.41) is 8.70. The Morgan fingerprint density at radius 1 is 1.29 bits per heavy atom. The highest BCUT2D eigenvalue weighted by molar-refractivity contribution is 5.86. The molecule has 0 atom stereocenters. The van der Waals surface area contributed by atoms with E-state index in [1.165, 1.54) is 6.08 Å². The smallest absolute Gasteiger partial charge is 0.328 e. The van der Waals surface area contributed by atoms with Crippen molar-refractivity contribution in [2.75, 3.05) is 19.7 Å². The normalized spacial score (nSPS) is 10.6. The molecule has 1 amide bonds. The molecule has 0 heterocycles. The molecule has 0 aliphatic rings. The minimum atomic E-state index is -1.03. The van der Waals surface area contributed by atoms with Gasteiger partial charge in [0.1, 0.15) is 5.75 Å². The van der Waals surface area contributed by atoms with E-state index in [1.807, 2.05) is 32.9 Å². The Morgan fingerprint density at radius 3 is 2.52 bits per heavy atom. The maximum Gasteiger partial charge on any atom is 0.328 e. The summed E-state index contributed by atoms with van der Waals surface area (Å²) in [4.78, 5) is 24.3. The van der Waals surface area contributed by atoms with Crippen LogP contribution in [0.25, 0.3) is 6.08 Å². The molecule has 0 aromatic heterocycles. The number of hydrogen-bond donors (Lipinski definition) is 1. The van der Waals surface area contributed by atoms with E-state index in [0.29, 0.717) is 24.4 Å². The number of carboxylic acids is 1. The second-order valence-corrected chi connectivity index (χ2v) is 4.52. The fourth-order valence-electron chi connectivity index (χ4n) is 1.97. The number of nitrogens with zero attached hydrogens (tertiary/aromatic N) is 1. The standard InChI is InChI=1S/C16H21NO4/c1-4-17(5-2)14(18)11-21-16-12(3)7-6-8-13(16)9-10-15(19)20/h6-10H,4-5,11H2,1-3H3,(H,19,20)/b10-9+. The van der Waals surface area contributed by atoms with Crippen molar-refractivity contribution in [2.24, 2.45) is 0 Å². The van der Waals surface area contributed by atoms with E-state index in [9.17, 15) is 9.59 Å². The first-order valence-corrected chi connectivity index (χ1v) is 6.90. The van der Waals surface area contributed by atoms with Crippen molar-refractivity contribution < 1.29 is 19.4 Å². The lowest BCUT2D eigenvalue weighted by Crippen LogP contribution is -2.34. The zero-order chi connectivity index (χ0) is 15.8. The second kappa shape index (κ2) is 8.09. The Balaban J connectivity index is 2.87. The van der Waals surface area contributed by atoms with Crippen LogP contribution in [0.2, 0.25) is 0 Å². The molecule has 0 spiro atoms. The topological polar surface area (TPSA) is 66.8 Å². The molecule has 5 nitrogen and oxygen atoms in total. The Hall–Kier alpha value is -2.30. The molecular weight excluding hydrogens is 270 g/mol. The van der Waals surface area contributed by atoms with Crippen LogP contribution in [0.1, 0.15) is 25.0 Å². The van der Waals surface area contributed by atoms with Crippen molar-refractivity contribution in [2.45, 2.75) is 20.8 Å². The average Bonchev–Trinajstić information content (AvgIpc) is 2.45. The number of benzene rings is 1. The van der Waals surface area contributed by atoms with Gasteiger partial charge in [0.15, 0.2) is 6.61 Å². The molecule has 1 aromatic carbocycles. The van der Waals surface area contributed by atoms with Gasteiger partial charge in [0.25, 0.3) is 5.91 Å². The molecule has 0 saturated heterocycles. The first kappa shape index (κ1) is 16.8. The molecule has 0 aliphatic heterocycles. The van der Waals surface area contributed by atoms with E-state index >= 15 is 0 Å². The zero-order valence-corrected chi connectivity index (χ0v) is 12.6. The lowest BCUT2D eigenvalue weighted by Gasteiger charge is -2.19. The Kier molecular flexibility index (Phi) is 6.46. The summed E-state index contributed by atoms with van der Waals surface area (Å²) < 4.78 is 5.61. The van der Waals surface area contributed by atoms with Crippen LogP contribution in [0, 0.1) is 6.92 Å². The highest BCUT2D eigenvalue weighted by Gasteiger charge is 2.12. The van der Waals surface area contributed by atoms with Crippen LogP contribution < -0.4 is 4.74 Å². The van der Waals surface area contributed by atoms with E-state index in [1.54, 1.807) is 11.0 Å². The highest BCUT2D eigenvalue weighted by atomic mass is 16.5. The van der Waals surface area contributed by atoms with Gasteiger partial charge in [0.2, 0.25) is 0 Å². The molecule has 0 saturated carbocycles. The fraction of sp³-hybridized carbons (Fsp3) is 0.375. The van der Waals surface area contributed by atoms with Crippen LogP contribution in [-0.4, -0.2) is 41.6 Å². The van der Waals surface area contributed by atoms with Gasteiger partial charge in [-0.3, -0.25) is 4.79 Å². The van der Waals surface area contributed by atoms with Gasteiger partial charge in [-0.25, -0.2) is 4.79 Å². The number of ether oxygens (including phenoxy) is 1. The number of hydrogen-bond acceptors (Lipinski definition) is 3. The van der Waals surface area contributed by atoms with Gasteiger partial charge >= 0.3 is 5.97 Å². The van der Waals surface area contributed by atoms with E-state index < -0.39 is 5.97 Å². The molecule has 0 bridgehead atoms. The van der Waals surface area contributed by atoms with Gasteiger partial charge in [0, 0.05) is 24.7 Å². The second-order valence-electron chi connectivity index (χ2n) is 4.52. The van der Waals surface area contributed by atoms with Crippen LogP contribution in [0.3, 0.4) is 0 Å². The summed E-state index contributed by atoms with van der Waals surface area (Å²) in [6.07, 6.45) is 2.51. The van der Waals surface area contributed by atoms with Crippen LogP contribution in [-0.2, 0) is 9.59 Å². The molecule has 21 heavy (non-hydrogen) atoms. The van der Waals surface area contributed by atoms with Crippen LogP contribution in [0.15, 0.2) is 24.3 Å². The van der Waals surface area contributed by atoms with E-state index in [2.05, 4.69) is 0 Å². The zero-order valence-electron chi connectivity index (χ0n) is 12.6. The van der Waals surface area contributed by atoms with Crippen molar-refractivity contribution >= 4 is 18.0 Å². The molecule has 0 unspecified atom stereocenters. The van der Waals surface area contributed by atoms with Gasteiger partial charge in [-0.2, -0.15) is 0 Å². The lowest BCUT2D eigenvalue weighted by atomic mass is 10.1. The number of para-hydroxylation sites is 1. The van der Waals surface area contributed by atoms with Crippen molar-refractivity contribution in [1.29, 1.82) is 0 Å². The molecular formula is C16H21NO4. The third kappa shape index (κ3) is 4.95. The lowest BCUT2D eigenvalue weighted by molar-refractivity contribution is -0.133. The maximum atomic E-state index is 12.0.